The summed E-state index contributed by atoms with van der Waals surface area (Å²) in [6.45, 7) is 3.05. The number of benzene rings is 2. The zero-order valence-corrected chi connectivity index (χ0v) is 17.1. The normalized spacial score (nSPS) is 11.0. The van der Waals surface area contributed by atoms with Crippen molar-refractivity contribution in [2.45, 2.75) is 26.4 Å². The molecule has 1 N–H and O–H groups in total. The maximum Gasteiger partial charge on any atom is 0.164 e. The van der Waals surface area contributed by atoms with Gasteiger partial charge >= 0.3 is 0 Å². The summed E-state index contributed by atoms with van der Waals surface area (Å²) < 4.78 is 12.0. The second-order valence-electron chi connectivity index (χ2n) is 6.81. The minimum atomic E-state index is 0.467. The lowest BCUT2D eigenvalue weighted by Crippen LogP contribution is -2.03. The summed E-state index contributed by atoms with van der Waals surface area (Å²) >= 11 is 5.96. The van der Waals surface area contributed by atoms with Crippen LogP contribution in [0.15, 0.2) is 67.0 Å². The molecule has 0 bridgehead atoms. The SMILES string of the molecule is CCOc1c(CCc2c[nH]c3ncccc23)cccc1OCc1ccc(Cl)cc1. The van der Waals surface area contributed by atoms with E-state index in [0.717, 1.165) is 46.1 Å². The molecule has 148 valence electrons. The highest BCUT2D eigenvalue weighted by Crippen LogP contribution is 2.33. The summed E-state index contributed by atoms with van der Waals surface area (Å²) in [6, 6.07) is 17.8. The molecule has 0 atom stereocenters. The van der Waals surface area contributed by atoms with Gasteiger partial charge in [0.15, 0.2) is 11.5 Å². The van der Waals surface area contributed by atoms with Crippen LogP contribution < -0.4 is 9.47 Å². The fourth-order valence-electron chi connectivity index (χ4n) is 3.41. The molecule has 29 heavy (non-hydrogen) atoms. The molecule has 0 aliphatic heterocycles. The number of aromatic nitrogens is 2. The van der Waals surface area contributed by atoms with Crippen LogP contribution in [0.4, 0.5) is 0 Å². The van der Waals surface area contributed by atoms with E-state index < -0.39 is 0 Å². The molecule has 4 nitrogen and oxygen atoms in total. The van der Waals surface area contributed by atoms with Crippen LogP contribution in [0, 0.1) is 0 Å². The van der Waals surface area contributed by atoms with Crippen molar-refractivity contribution in [3.8, 4) is 11.5 Å². The zero-order chi connectivity index (χ0) is 20.1. The lowest BCUT2D eigenvalue weighted by molar-refractivity contribution is 0.267. The first-order valence-electron chi connectivity index (χ1n) is 9.77. The summed E-state index contributed by atoms with van der Waals surface area (Å²) in [5.74, 6) is 1.59. The Morgan fingerprint density at radius 3 is 2.59 bits per heavy atom. The number of nitrogens with zero attached hydrogens (tertiary/aromatic N) is 1. The van der Waals surface area contributed by atoms with Crippen molar-refractivity contribution in [3.63, 3.8) is 0 Å². The molecule has 0 radical (unpaired) electrons. The molecule has 0 amide bonds. The number of H-pyrrole nitrogens is 1. The third kappa shape index (κ3) is 4.54. The maximum absolute atomic E-state index is 6.08. The standard InChI is InChI=1S/C24H23ClN2O2/c1-2-28-23-18(10-11-19-15-27-24-21(19)6-4-14-26-24)5-3-7-22(23)29-16-17-8-12-20(25)13-9-17/h3-9,12-15H,2,10-11,16H2,1H3,(H,26,27). The lowest BCUT2D eigenvalue weighted by atomic mass is 10.0. The largest absolute Gasteiger partial charge is 0.490 e. The fraction of sp³-hybridized carbons (Fsp3) is 0.208. The van der Waals surface area contributed by atoms with Gasteiger partial charge in [-0.3, -0.25) is 0 Å². The molecular weight excluding hydrogens is 384 g/mol. The lowest BCUT2D eigenvalue weighted by Gasteiger charge is -2.16. The van der Waals surface area contributed by atoms with Gasteiger partial charge < -0.3 is 14.5 Å². The molecular formula is C24H23ClN2O2. The first-order valence-corrected chi connectivity index (χ1v) is 10.2. The molecule has 0 fully saturated rings. The zero-order valence-electron chi connectivity index (χ0n) is 16.3. The topological polar surface area (TPSA) is 47.1 Å². The average molecular weight is 407 g/mol. The Kier molecular flexibility index (Phi) is 6.01. The molecule has 0 saturated carbocycles. The van der Waals surface area contributed by atoms with Gasteiger partial charge in [0.2, 0.25) is 0 Å². The number of hydrogen-bond acceptors (Lipinski definition) is 3. The van der Waals surface area contributed by atoms with Gasteiger partial charge in [-0.25, -0.2) is 4.98 Å². The minimum Gasteiger partial charge on any atom is -0.490 e. The molecule has 4 rings (SSSR count). The molecule has 0 unspecified atom stereocenters. The number of halogens is 1. The molecule has 2 aromatic heterocycles. The Hall–Kier alpha value is -2.98. The van der Waals surface area contributed by atoms with E-state index in [1.54, 1.807) is 6.20 Å². The Morgan fingerprint density at radius 2 is 1.76 bits per heavy atom. The second-order valence-corrected chi connectivity index (χ2v) is 7.24. The van der Waals surface area contributed by atoms with Crippen molar-refractivity contribution in [2.75, 3.05) is 6.61 Å². The second kappa shape index (κ2) is 9.01. The van der Waals surface area contributed by atoms with Crippen LogP contribution in [-0.4, -0.2) is 16.6 Å². The molecule has 0 saturated heterocycles. The van der Waals surface area contributed by atoms with Crippen LogP contribution in [0.25, 0.3) is 11.0 Å². The third-order valence-corrected chi connectivity index (χ3v) is 5.11. The number of aryl methyl sites for hydroxylation is 2. The molecule has 5 heteroatoms. The van der Waals surface area contributed by atoms with Crippen molar-refractivity contribution in [3.05, 3.63) is 88.7 Å². The van der Waals surface area contributed by atoms with E-state index in [0.29, 0.717) is 13.2 Å². The van der Waals surface area contributed by atoms with E-state index >= 15 is 0 Å². The van der Waals surface area contributed by atoms with E-state index in [-0.39, 0.29) is 0 Å². The minimum absolute atomic E-state index is 0.467. The first-order chi connectivity index (χ1) is 14.2. The maximum atomic E-state index is 6.08. The molecule has 0 aliphatic carbocycles. The van der Waals surface area contributed by atoms with Gasteiger partial charge in [-0.05, 0) is 66.8 Å². The molecule has 2 heterocycles. The average Bonchev–Trinajstić information content (AvgIpc) is 3.16. The van der Waals surface area contributed by atoms with Gasteiger partial charge in [-0.1, -0.05) is 35.9 Å². The van der Waals surface area contributed by atoms with Gasteiger partial charge in [-0.15, -0.1) is 0 Å². The predicted molar refractivity (Wildman–Crippen MR) is 117 cm³/mol. The highest BCUT2D eigenvalue weighted by Gasteiger charge is 2.13. The van der Waals surface area contributed by atoms with Crippen molar-refractivity contribution in [1.82, 2.24) is 9.97 Å². The monoisotopic (exact) mass is 406 g/mol. The number of para-hydroxylation sites is 1. The smallest absolute Gasteiger partial charge is 0.164 e. The first kappa shape index (κ1) is 19.3. The van der Waals surface area contributed by atoms with Crippen LogP contribution in [-0.2, 0) is 19.4 Å². The highest BCUT2D eigenvalue weighted by molar-refractivity contribution is 6.30. The Bertz CT molecular complexity index is 1090. The van der Waals surface area contributed by atoms with Crippen LogP contribution >= 0.6 is 11.6 Å². The van der Waals surface area contributed by atoms with Crippen molar-refractivity contribution < 1.29 is 9.47 Å². The number of ether oxygens (including phenoxy) is 2. The van der Waals surface area contributed by atoms with Crippen LogP contribution in [0.2, 0.25) is 5.02 Å². The fourth-order valence-corrected chi connectivity index (χ4v) is 3.54. The van der Waals surface area contributed by atoms with Gasteiger partial charge in [0.1, 0.15) is 12.3 Å². The van der Waals surface area contributed by atoms with Gasteiger partial charge in [0.05, 0.1) is 6.61 Å². The Labute approximate surface area is 175 Å². The third-order valence-electron chi connectivity index (χ3n) is 4.86. The van der Waals surface area contributed by atoms with E-state index in [1.807, 2.05) is 55.6 Å². The number of hydrogen-bond donors (Lipinski definition) is 1. The summed E-state index contributed by atoms with van der Waals surface area (Å²) in [6.07, 6.45) is 5.60. The summed E-state index contributed by atoms with van der Waals surface area (Å²) in [5.41, 5.74) is 4.38. The van der Waals surface area contributed by atoms with E-state index in [4.69, 9.17) is 21.1 Å². The van der Waals surface area contributed by atoms with Crippen molar-refractivity contribution in [1.29, 1.82) is 0 Å². The van der Waals surface area contributed by atoms with E-state index in [1.165, 1.54) is 10.9 Å². The van der Waals surface area contributed by atoms with E-state index in [2.05, 4.69) is 22.1 Å². The Balaban J connectivity index is 1.51. The summed E-state index contributed by atoms with van der Waals surface area (Å²) in [5, 5.41) is 1.89. The number of nitrogens with one attached hydrogen (secondary N) is 1. The summed E-state index contributed by atoms with van der Waals surface area (Å²) in [7, 11) is 0. The van der Waals surface area contributed by atoms with Gasteiger partial charge in [0.25, 0.3) is 0 Å². The van der Waals surface area contributed by atoms with Crippen molar-refractivity contribution >= 4 is 22.6 Å². The van der Waals surface area contributed by atoms with Crippen LogP contribution in [0.1, 0.15) is 23.6 Å². The molecule has 0 spiro atoms. The summed E-state index contributed by atoms with van der Waals surface area (Å²) in [4.78, 5) is 7.61. The number of aromatic amines is 1. The van der Waals surface area contributed by atoms with Gasteiger partial charge in [0, 0.05) is 22.8 Å². The molecule has 2 aromatic carbocycles. The number of pyridine rings is 1. The number of fused-ring (bicyclic) bond motifs is 1. The predicted octanol–water partition coefficient (Wildman–Crippen LogP) is 5.98. The number of rotatable bonds is 8. The molecule has 4 aromatic rings. The van der Waals surface area contributed by atoms with E-state index in [9.17, 15) is 0 Å². The highest BCUT2D eigenvalue weighted by atomic mass is 35.5. The quantitative estimate of drug-likeness (QED) is 0.391. The van der Waals surface area contributed by atoms with Crippen LogP contribution in [0.5, 0.6) is 11.5 Å². The van der Waals surface area contributed by atoms with Gasteiger partial charge in [-0.2, -0.15) is 0 Å². The Morgan fingerprint density at radius 1 is 0.931 bits per heavy atom. The molecule has 0 aliphatic rings. The van der Waals surface area contributed by atoms with Crippen molar-refractivity contribution in [2.24, 2.45) is 0 Å². The van der Waals surface area contributed by atoms with Crippen LogP contribution in [0.3, 0.4) is 0 Å².